The number of fused-ring (bicyclic) bond motifs is 1. The molecule has 19 heavy (non-hydrogen) atoms. The van der Waals surface area contributed by atoms with Crippen molar-refractivity contribution in [3.05, 3.63) is 23.2 Å². The fraction of sp³-hybridized carbons (Fsp3) is 0.643. The van der Waals surface area contributed by atoms with Crippen molar-refractivity contribution in [2.75, 3.05) is 19.6 Å². The molecule has 1 saturated heterocycles. The molecule has 1 aromatic heterocycles. The summed E-state index contributed by atoms with van der Waals surface area (Å²) in [5.74, 6) is 0. The quantitative estimate of drug-likeness (QED) is 0.865. The van der Waals surface area contributed by atoms with Gasteiger partial charge < -0.3 is 9.91 Å². The molecular formula is C14H23N5. The third-order valence-corrected chi connectivity index (χ3v) is 4.20. The fourth-order valence-corrected chi connectivity index (χ4v) is 2.91. The molecule has 0 radical (unpaired) electrons. The molecule has 104 valence electrons. The second kappa shape index (κ2) is 5.35. The lowest BCUT2D eigenvalue weighted by molar-refractivity contribution is 0.143. The Hall–Kier alpha value is -1.33. The van der Waals surface area contributed by atoms with Gasteiger partial charge in [-0.05, 0) is 45.5 Å². The Bertz CT molecular complexity index is 456. The minimum absolute atomic E-state index is 0.592. The molecule has 1 fully saturated rings. The maximum absolute atomic E-state index is 4.36. The molecule has 3 heterocycles. The van der Waals surface area contributed by atoms with Gasteiger partial charge in [0.15, 0.2) is 0 Å². The SMILES string of the molecule is CCN1CCC(NN2C=Cc3c(n[nH]c3C)C2)CC1. The van der Waals surface area contributed by atoms with E-state index >= 15 is 0 Å². The molecule has 0 bridgehead atoms. The first-order chi connectivity index (χ1) is 9.26. The van der Waals surface area contributed by atoms with Crippen molar-refractivity contribution in [2.24, 2.45) is 0 Å². The van der Waals surface area contributed by atoms with Crippen LogP contribution < -0.4 is 5.43 Å². The lowest BCUT2D eigenvalue weighted by atomic mass is 10.1. The zero-order chi connectivity index (χ0) is 13.2. The standard InChI is InChI=1S/C14H23N5/c1-3-18-7-4-12(5-8-18)17-19-9-6-13-11(2)15-16-14(13)10-19/h6,9,12,17H,3-5,7-8,10H2,1-2H3,(H,15,16). The molecule has 0 atom stereocenters. The molecular weight excluding hydrogens is 238 g/mol. The summed E-state index contributed by atoms with van der Waals surface area (Å²) in [7, 11) is 0. The van der Waals surface area contributed by atoms with Gasteiger partial charge in [0.2, 0.25) is 0 Å². The van der Waals surface area contributed by atoms with Crippen molar-refractivity contribution >= 4 is 6.08 Å². The molecule has 2 aliphatic rings. The van der Waals surface area contributed by atoms with Crippen molar-refractivity contribution in [1.82, 2.24) is 25.5 Å². The molecule has 0 saturated carbocycles. The van der Waals surface area contributed by atoms with E-state index in [-0.39, 0.29) is 0 Å². The van der Waals surface area contributed by atoms with Gasteiger partial charge in [0.05, 0.1) is 12.2 Å². The van der Waals surface area contributed by atoms with E-state index in [1.807, 2.05) is 0 Å². The number of hydrazine groups is 1. The largest absolute Gasteiger partial charge is 0.309 e. The second-order valence-corrected chi connectivity index (χ2v) is 5.49. The predicted molar refractivity (Wildman–Crippen MR) is 76.2 cm³/mol. The van der Waals surface area contributed by atoms with Crippen LogP contribution in [0.15, 0.2) is 6.20 Å². The smallest absolute Gasteiger partial charge is 0.0906 e. The number of hydrogen-bond donors (Lipinski definition) is 2. The maximum Gasteiger partial charge on any atom is 0.0906 e. The molecule has 3 rings (SSSR count). The number of nitrogens with one attached hydrogen (secondary N) is 2. The van der Waals surface area contributed by atoms with E-state index < -0.39 is 0 Å². The van der Waals surface area contributed by atoms with E-state index in [0.29, 0.717) is 6.04 Å². The van der Waals surface area contributed by atoms with Crippen LogP contribution in [0.4, 0.5) is 0 Å². The average molecular weight is 261 g/mol. The summed E-state index contributed by atoms with van der Waals surface area (Å²) in [5.41, 5.74) is 7.16. The Morgan fingerprint density at radius 1 is 1.42 bits per heavy atom. The van der Waals surface area contributed by atoms with Gasteiger partial charge in [-0.1, -0.05) is 6.92 Å². The van der Waals surface area contributed by atoms with Crippen molar-refractivity contribution in [2.45, 2.75) is 39.3 Å². The molecule has 1 aromatic rings. The zero-order valence-electron chi connectivity index (χ0n) is 11.8. The number of H-pyrrole nitrogens is 1. The summed E-state index contributed by atoms with van der Waals surface area (Å²) in [5, 5.41) is 9.59. The van der Waals surface area contributed by atoms with E-state index in [1.54, 1.807) is 0 Å². The molecule has 2 aliphatic heterocycles. The van der Waals surface area contributed by atoms with Crippen LogP contribution in [-0.4, -0.2) is 45.8 Å². The number of aryl methyl sites for hydroxylation is 1. The van der Waals surface area contributed by atoms with Crippen LogP contribution in [0.5, 0.6) is 0 Å². The van der Waals surface area contributed by atoms with Gasteiger partial charge in [-0.25, -0.2) is 5.43 Å². The Kier molecular flexibility index (Phi) is 3.57. The number of hydrogen-bond acceptors (Lipinski definition) is 4. The van der Waals surface area contributed by atoms with Crippen molar-refractivity contribution in [3.63, 3.8) is 0 Å². The van der Waals surface area contributed by atoms with Gasteiger partial charge in [0, 0.05) is 23.5 Å². The molecule has 0 aromatic carbocycles. The van der Waals surface area contributed by atoms with Crippen LogP contribution in [0.25, 0.3) is 6.08 Å². The lowest BCUT2D eigenvalue weighted by Gasteiger charge is -2.35. The molecule has 2 N–H and O–H groups in total. The summed E-state index contributed by atoms with van der Waals surface area (Å²) in [4.78, 5) is 2.51. The molecule has 0 amide bonds. The van der Waals surface area contributed by atoms with E-state index in [9.17, 15) is 0 Å². The molecule has 5 heteroatoms. The minimum Gasteiger partial charge on any atom is -0.309 e. The number of rotatable bonds is 3. The summed E-state index contributed by atoms with van der Waals surface area (Å²) in [6.45, 7) is 8.75. The second-order valence-electron chi connectivity index (χ2n) is 5.49. The van der Waals surface area contributed by atoms with Crippen LogP contribution >= 0.6 is 0 Å². The van der Waals surface area contributed by atoms with E-state index in [4.69, 9.17) is 0 Å². The van der Waals surface area contributed by atoms with E-state index in [0.717, 1.165) is 17.9 Å². The van der Waals surface area contributed by atoms with Crippen LogP contribution in [0.2, 0.25) is 0 Å². The summed E-state index contributed by atoms with van der Waals surface area (Å²) in [6, 6.07) is 0.592. The van der Waals surface area contributed by atoms with Crippen molar-refractivity contribution in [3.8, 4) is 0 Å². The van der Waals surface area contributed by atoms with E-state index in [1.165, 1.54) is 38.0 Å². The number of aromatic amines is 1. The van der Waals surface area contributed by atoms with Crippen LogP contribution in [0, 0.1) is 6.92 Å². The number of likely N-dealkylation sites (tertiary alicyclic amines) is 1. The molecule has 0 aliphatic carbocycles. The predicted octanol–water partition coefficient (Wildman–Crippen LogP) is 1.49. The summed E-state index contributed by atoms with van der Waals surface area (Å²) >= 11 is 0. The molecule has 5 nitrogen and oxygen atoms in total. The summed E-state index contributed by atoms with van der Waals surface area (Å²) in [6.07, 6.45) is 6.73. The summed E-state index contributed by atoms with van der Waals surface area (Å²) < 4.78 is 0. The Morgan fingerprint density at radius 3 is 2.95 bits per heavy atom. The molecule has 0 unspecified atom stereocenters. The van der Waals surface area contributed by atoms with Gasteiger partial charge >= 0.3 is 0 Å². The first kappa shape index (κ1) is 12.7. The third-order valence-electron chi connectivity index (χ3n) is 4.20. The highest BCUT2D eigenvalue weighted by atomic mass is 15.5. The Labute approximate surface area is 114 Å². The Morgan fingerprint density at radius 2 is 2.21 bits per heavy atom. The monoisotopic (exact) mass is 261 g/mol. The topological polar surface area (TPSA) is 47.2 Å². The molecule has 0 spiro atoms. The zero-order valence-corrected chi connectivity index (χ0v) is 11.8. The van der Waals surface area contributed by atoms with E-state index in [2.05, 4.69) is 51.7 Å². The first-order valence-corrected chi connectivity index (χ1v) is 7.23. The first-order valence-electron chi connectivity index (χ1n) is 7.23. The number of piperidine rings is 1. The average Bonchev–Trinajstić information content (AvgIpc) is 2.81. The lowest BCUT2D eigenvalue weighted by Crippen LogP contribution is -2.48. The minimum atomic E-state index is 0.592. The van der Waals surface area contributed by atoms with Crippen molar-refractivity contribution < 1.29 is 0 Å². The van der Waals surface area contributed by atoms with Crippen LogP contribution in [0.3, 0.4) is 0 Å². The maximum atomic E-state index is 4.36. The normalized spacial score (nSPS) is 20.8. The highest BCUT2D eigenvalue weighted by Crippen LogP contribution is 2.20. The van der Waals surface area contributed by atoms with Gasteiger partial charge in [0.25, 0.3) is 0 Å². The van der Waals surface area contributed by atoms with Crippen LogP contribution in [-0.2, 0) is 6.54 Å². The highest BCUT2D eigenvalue weighted by molar-refractivity contribution is 5.55. The van der Waals surface area contributed by atoms with Gasteiger partial charge in [0.1, 0.15) is 0 Å². The highest BCUT2D eigenvalue weighted by Gasteiger charge is 2.21. The van der Waals surface area contributed by atoms with Gasteiger partial charge in [-0.15, -0.1) is 0 Å². The van der Waals surface area contributed by atoms with Gasteiger partial charge in [-0.2, -0.15) is 5.10 Å². The van der Waals surface area contributed by atoms with Crippen molar-refractivity contribution in [1.29, 1.82) is 0 Å². The fourth-order valence-electron chi connectivity index (χ4n) is 2.91. The van der Waals surface area contributed by atoms with Gasteiger partial charge in [-0.3, -0.25) is 5.10 Å². The number of nitrogens with zero attached hydrogens (tertiary/aromatic N) is 3. The van der Waals surface area contributed by atoms with Crippen LogP contribution in [0.1, 0.15) is 36.7 Å². The Balaban J connectivity index is 1.55. The third kappa shape index (κ3) is 2.67. The number of aromatic nitrogens is 2.